The van der Waals surface area contributed by atoms with E-state index in [-0.39, 0.29) is 23.5 Å². The molecule has 0 fully saturated rings. The molecule has 1 unspecified atom stereocenters. The molecule has 1 heterocycles. The predicted octanol–water partition coefficient (Wildman–Crippen LogP) is 4.00. The van der Waals surface area contributed by atoms with E-state index in [1.807, 2.05) is 67.8 Å². The first-order valence-corrected chi connectivity index (χ1v) is 11.4. The Kier molecular flexibility index (Phi) is 8.27. The van der Waals surface area contributed by atoms with Crippen molar-refractivity contribution in [2.45, 2.75) is 44.1 Å². The second-order valence-corrected chi connectivity index (χ2v) is 8.25. The molecule has 0 bridgehead atoms. The maximum atomic E-state index is 12.5. The molecule has 0 aliphatic heterocycles. The van der Waals surface area contributed by atoms with Gasteiger partial charge in [0.2, 0.25) is 11.8 Å². The van der Waals surface area contributed by atoms with Gasteiger partial charge in [-0.1, -0.05) is 30.0 Å². The van der Waals surface area contributed by atoms with Crippen LogP contribution < -0.4 is 15.4 Å². The molecular weight excluding hydrogens is 426 g/mol. The van der Waals surface area contributed by atoms with E-state index in [9.17, 15) is 9.59 Å². The number of thioether (sulfide) groups is 1. The summed E-state index contributed by atoms with van der Waals surface area (Å²) in [6.07, 6.45) is 0.0825. The molecule has 0 radical (unpaired) electrons. The average molecular weight is 454 g/mol. The Hall–Kier alpha value is -3.33. The van der Waals surface area contributed by atoms with Crippen LogP contribution in [0.25, 0.3) is 0 Å². The highest BCUT2D eigenvalue weighted by Gasteiger charge is 2.21. The smallest absolute Gasteiger partial charge is 0.237 e. The molecule has 2 amide bonds. The summed E-state index contributed by atoms with van der Waals surface area (Å²) < 4.78 is 7.27. The van der Waals surface area contributed by atoms with E-state index in [2.05, 4.69) is 20.8 Å². The lowest BCUT2D eigenvalue weighted by Crippen LogP contribution is -2.23. The van der Waals surface area contributed by atoms with Crippen LogP contribution in [0.15, 0.2) is 59.8 Å². The fraction of sp³-hybridized carbons (Fsp3) is 0.304. The van der Waals surface area contributed by atoms with Crippen LogP contribution in [-0.4, -0.2) is 38.4 Å². The van der Waals surface area contributed by atoms with Crippen molar-refractivity contribution in [3.05, 3.63) is 60.4 Å². The normalized spacial score (nSPS) is 11.6. The first-order chi connectivity index (χ1) is 15.5. The van der Waals surface area contributed by atoms with Crippen molar-refractivity contribution in [1.82, 2.24) is 14.8 Å². The van der Waals surface area contributed by atoms with Gasteiger partial charge in [0, 0.05) is 17.9 Å². The first kappa shape index (κ1) is 23.3. The number of hydrogen-bond acceptors (Lipinski definition) is 6. The molecule has 0 aliphatic rings. The number of anilines is 2. The zero-order valence-electron chi connectivity index (χ0n) is 18.4. The third kappa shape index (κ3) is 6.34. The third-order valence-corrected chi connectivity index (χ3v) is 5.65. The Balaban J connectivity index is 1.59. The summed E-state index contributed by atoms with van der Waals surface area (Å²) in [5.41, 5.74) is 1.43. The van der Waals surface area contributed by atoms with Crippen LogP contribution in [-0.2, 0) is 22.6 Å². The largest absolute Gasteiger partial charge is 0.494 e. The Morgan fingerprint density at radius 1 is 1.00 bits per heavy atom. The minimum atomic E-state index is -0.379. The number of amides is 2. The molecule has 0 saturated heterocycles. The minimum absolute atomic E-state index is 0.0825. The quantitative estimate of drug-likeness (QED) is 0.450. The zero-order valence-corrected chi connectivity index (χ0v) is 19.2. The number of nitrogens with zero attached hydrogens (tertiary/aromatic N) is 3. The number of aromatic nitrogens is 3. The lowest BCUT2D eigenvalue weighted by Gasteiger charge is -2.13. The van der Waals surface area contributed by atoms with Gasteiger partial charge in [-0.05, 0) is 57.2 Å². The molecule has 0 spiro atoms. The Morgan fingerprint density at radius 2 is 1.69 bits per heavy atom. The van der Waals surface area contributed by atoms with E-state index < -0.39 is 0 Å². The number of carbonyl (C=O) groups excluding carboxylic acids is 2. The summed E-state index contributed by atoms with van der Waals surface area (Å²) in [6.45, 7) is 6.87. The van der Waals surface area contributed by atoms with Crippen LogP contribution in [0.3, 0.4) is 0 Å². The van der Waals surface area contributed by atoms with Crippen LogP contribution in [0.2, 0.25) is 0 Å². The van der Waals surface area contributed by atoms with Crippen molar-refractivity contribution < 1.29 is 14.3 Å². The standard InChI is InChI=1S/C23H27N5O3S/c1-4-28-20(15-21(29)24-18-11-13-19(14-12-18)31-5-2)26-27-23(28)32-16(3)22(30)25-17-9-7-6-8-10-17/h6-14,16H,4-5,15H2,1-3H3,(H,24,29)(H,25,30). The van der Waals surface area contributed by atoms with Gasteiger partial charge in [-0.25, -0.2) is 0 Å². The van der Waals surface area contributed by atoms with Crippen molar-refractivity contribution in [3.8, 4) is 5.75 Å². The van der Waals surface area contributed by atoms with E-state index in [0.717, 1.165) is 11.4 Å². The van der Waals surface area contributed by atoms with Crippen molar-refractivity contribution in [2.75, 3.05) is 17.2 Å². The van der Waals surface area contributed by atoms with Crippen LogP contribution in [0, 0.1) is 0 Å². The van der Waals surface area contributed by atoms with Gasteiger partial charge in [-0.2, -0.15) is 0 Å². The number of para-hydroxylation sites is 1. The van der Waals surface area contributed by atoms with Gasteiger partial charge >= 0.3 is 0 Å². The Morgan fingerprint density at radius 3 is 2.34 bits per heavy atom. The molecule has 8 nitrogen and oxygen atoms in total. The molecule has 1 atom stereocenters. The van der Waals surface area contributed by atoms with Crippen LogP contribution >= 0.6 is 11.8 Å². The van der Waals surface area contributed by atoms with E-state index >= 15 is 0 Å². The molecule has 2 aromatic carbocycles. The molecule has 2 N–H and O–H groups in total. The second-order valence-electron chi connectivity index (χ2n) is 6.94. The molecule has 168 valence electrons. The van der Waals surface area contributed by atoms with Gasteiger partial charge in [-0.3, -0.25) is 9.59 Å². The van der Waals surface area contributed by atoms with Gasteiger partial charge in [0.25, 0.3) is 0 Å². The SMILES string of the molecule is CCOc1ccc(NC(=O)Cc2nnc(SC(C)C(=O)Nc3ccccc3)n2CC)cc1. The molecule has 0 saturated carbocycles. The third-order valence-electron chi connectivity index (χ3n) is 4.57. The maximum absolute atomic E-state index is 12.5. The fourth-order valence-electron chi connectivity index (χ4n) is 2.98. The molecule has 0 aliphatic carbocycles. The number of rotatable bonds is 10. The van der Waals surface area contributed by atoms with Gasteiger partial charge in [0.15, 0.2) is 5.16 Å². The van der Waals surface area contributed by atoms with Gasteiger partial charge in [-0.15, -0.1) is 10.2 Å². The van der Waals surface area contributed by atoms with Gasteiger partial charge in [0.05, 0.1) is 18.3 Å². The molecule has 1 aromatic heterocycles. The molecule has 9 heteroatoms. The predicted molar refractivity (Wildman–Crippen MR) is 126 cm³/mol. The highest BCUT2D eigenvalue weighted by molar-refractivity contribution is 8.00. The van der Waals surface area contributed by atoms with Gasteiger partial charge in [0.1, 0.15) is 11.6 Å². The lowest BCUT2D eigenvalue weighted by atomic mass is 10.3. The second kappa shape index (κ2) is 11.3. The molecule has 3 rings (SSSR count). The molecule has 32 heavy (non-hydrogen) atoms. The summed E-state index contributed by atoms with van der Waals surface area (Å²) in [6, 6.07) is 16.5. The highest BCUT2D eigenvalue weighted by Crippen LogP contribution is 2.24. The van der Waals surface area contributed by atoms with E-state index in [0.29, 0.717) is 29.8 Å². The topological polar surface area (TPSA) is 98.1 Å². The Labute approximate surface area is 191 Å². The van der Waals surface area contributed by atoms with Gasteiger partial charge < -0.3 is 19.9 Å². The monoisotopic (exact) mass is 453 g/mol. The van der Waals surface area contributed by atoms with Crippen molar-refractivity contribution in [3.63, 3.8) is 0 Å². The number of ether oxygens (including phenoxy) is 1. The maximum Gasteiger partial charge on any atom is 0.237 e. The van der Waals surface area contributed by atoms with E-state index in [1.54, 1.807) is 12.1 Å². The minimum Gasteiger partial charge on any atom is -0.494 e. The zero-order chi connectivity index (χ0) is 22.9. The number of benzene rings is 2. The van der Waals surface area contributed by atoms with E-state index in [1.165, 1.54) is 11.8 Å². The average Bonchev–Trinajstić information content (AvgIpc) is 3.16. The highest BCUT2D eigenvalue weighted by atomic mass is 32.2. The molecule has 3 aromatic rings. The Bertz CT molecular complexity index is 1040. The number of nitrogens with one attached hydrogen (secondary N) is 2. The summed E-state index contributed by atoms with van der Waals surface area (Å²) in [5, 5.41) is 14.4. The van der Waals surface area contributed by atoms with Crippen molar-refractivity contribution in [2.24, 2.45) is 0 Å². The van der Waals surface area contributed by atoms with E-state index in [4.69, 9.17) is 4.74 Å². The number of hydrogen-bond donors (Lipinski definition) is 2. The van der Waals surface area contributed by atoms with Crippen molar-refractivity contribution >= 4 is 35.0 Å². The summed E-state index contributed by atoms with van der Waals surface area (Å²) in [5.74, 6) is 0.988. The van der Waals surface area contributed by atoms with Crippen LogP contribution in [0.5, 0.6) is 5.75 Å². The summed E-state index contributed by atoms with van der Waals surface area (Å²) in [4.78, 5) is 25.0. The van der Waals surface area contributed by atoms with Crippen molar-refractivity contribution in [1.29, 1.82) is 0 Å². The van der Waals surface area contributed by atoms with Crippen LogP contribution in [0.4, 0.5) is 11.4 Å². The fourth-order valence-corrected chi connectivity index (χ4v) is 3.91. The van der Waals surface area contributed by atoms with Crippen LogP contribution in [0.1, 0.15) is 26.6 Å². The lowest BCUT2D eigenvalue weighted by molar-refractivity contribution is -0.116. The number of carbonyl (C=O) groups is 2. The first-order valence-electron chi connectivity index (χ1n) is 10.5. The summed E-state index contributed by atoms with van der Waals surface area (Å²) in [7, 11) is 0. The molecular formula is C23H27N5O3S. The summed E-state index contributed by atoms with van der Waals surface area (Å²) >= 11 is 1.31.